The summed E-state index contributed by atoms with van der Waals surface area (Å²) in [7, 11) is 0. The number of hydrogen-bond donors (Lipinski definition) is 1. The molecule has 0 spiro atoms. The van der Waals surface area contributed by atoms with E-state index < -0.39 is 23.7 Å². The number of carbonyl (C=O) groups is 2. The zero-order valence-electron chi connectivity index (χ0n) is 18.5. The Morgan fingerprint density at radius 3 is 2.44 bits per heavy atom. The van der Waals surface area contributed by atoms with Gasteiger partial charge in [0.15, 0.2) is 0 Å². The largest absolute Gasteiger partial charge is 0.467 e. The van der Waals surface area contributed by atoms with Crippen LogP contribution in [-0.4, -0.2) is 26.7 Å². The van der Waals surface area contributed by atoms with E-state index in [0.717, 1.165) is 12.0 Å². The minimum absolute atomic E-state index is 0.0272. The summed E-state index contributed by atoms with van der Waals surface area (Å²) in [6, 6.07) is 15.4. The molecule has 0 saturated heterocycles. The fourth-order valence-corrected chi connectivity index (χ4v) is 3.56. The Balaban J connectivity index is 1.76. The number of amides is 2. The highest BCUT2D eigenvalue weighted by Gasteiger charge is 2.33. The summed E-state index contributed by atoms with van der Waals surface area (Å²) in [4.78, 5) is 36.7. The summed E-state index contributed by atoms with van der Waals surface area (Å²) in [6.07, 6.45) is 6.58. The van der Waals surface area contributed by atoms with Crippen molar-refractivity contribution in [2.24, 2.45) is 0 Å². The molecule has 0 radical (unpaired) electrons. The molecule has 0 aliphatic heterocycles. The fraction of sp³-hybridized carbons (Fsp3) is 0.154. The van der Waals surface area contributed by atoms with Crippen molar-refractivity contribution < 1.29 is 18.4 Å². The number of aromatic nitrogens is 2. The van der Waals surface area contributed by atoms with Gasteiger partial charge in [-0.3, -0.25) is 14.6 Å². The lowest BCUT2D eigenvalue weighted by atomic mass is 10.0. The van der Waals surface area contributed by atoms with E-state index in [1.54, 1.807) is 12.1 Å². The number of rotatable bonds is 8. The number of benzene rings is 2. The van der Waals surface area contributed by atoms with Crippen molar-refractivity contribution >= 4 is 17.5 Å². The van der Waals surface area contributed by atoms with E-state index in [-0.39, 0.29) is 12.2 Å². The highest BCUT2D eigenvalue weighted by molar-refractivity contribution is 6.00. The SMILES string of the molecule is CCc1ccc([C@H](C(=O)Nc2ccc(F)cc2)N(Cc2ccco2)C(=O)c2cnccn2)cc1. The molecule has 2 amide bonds. The van der Waals surface area contributed by atoms with Crippen LogP contribution in [0, 0.1) is 5.82 Å². The second kappa shape index (κ2) is 10.5. The molecule has 0 unspecified atom stereocenters. The quantitative estimate of drug-likeness (QED) is 0.410. The first kappa shape index (κ1) is 22.8. The first-order chi connectivity index (χ1) is 16.5. The molecule has 4 aromatic rings. The number of furan rings is 1. The number of anilines is 1. The maximum Gasteiger partial charge on any atom is 0.275 e. The molecular formula is C26H23FN4O3. The second-order valence-corrected chi connectivity index (χ2v) is 7.60. The van der Waals surface area contributed by atoms with Crippen molar-refractivity contribution in [3.05, 3.63) is 114 Å². The molecule has 0 aliphatic rings. The number of aryl methyl sites for hydroxylation is 1. The van der Waals surface area contributed by atoms with Gasteiger partial charge in [-0.25, -0.2) is 9.37 Å². The fourth-order valence-electron chi connectivity index (χ4n) is 3.56. The second-order valence-electron chi connectivity index (χ2n) is 7.60. The van der Waals surface area contributed by atoms with Crippen LogP contribution in [0.2, 0.25) is 0 Å². The van der Waals surface area contributed by atoms with Crippen molar-refractivity contribution in [2.45, 2.75) is 25.9 Å². The average Bonchev–Trinajstić information content (AvgIpc) is 3.39. The van der Waals surface area contributed by atoms with Crippen LogP contribution in [0.4, 0.5) is 10.1 Å². The van der Waals surface area contributed by atoms with Gasteiger partial charge in [0.1, 0.15) is 23.3 Å². The zero-order valence-corrected chi connectivity index (χ0v) is 18.5. The minimum atomic E-state index is -1.02. The summed E-state index contributed by atoms with van der Waals surface area (Å²) < 4.78 is 18.8. The van der Waals surface area contributed by atoms with Crippen LogP contribution in [0.25, 0.3) is 0 Å². The number of nitrogens with one attached hydrogen (secondary N) is 1. The van der Waals surface area contributed by atoms with Crippen molar-refractivity contribution in [3.8, 4) is 0 Å². The summed E-state index contributed by atoms with van der Waals surface area (Å²) >= 11 is 0. The third kappa shape index (κ3) is 5.35. The van der Waals surface area contributed by atoms with Gasteiger partial charge in [0, 0.05) is 18.1 Å². The van der Waals surface area contributed by atoms with E-state index in [2.05, 4.69) is 15.3 Å². The molecular weight excluding hydrogens is 435 g/mol. The normalized spacial score (nSPS) is 11.6. The van der Waals surface area contributed by atoms with Crippen molar-refractivity contribution in [1.29, 1.82) is 0 Å². The Labute approximate surface area is 196 Å². The van der Waals surface area contributed by atoms with Gasteiger partial charge in [-0.2, -0.15) is 0 Å². The molecule has 34 heavy (non-hydrogen) atoms. The van der Waals surface area contributed by atoms with Crippen LogP contribution in [0.1, 0.15) is 40.3 Å². The smallest absolute Gasteiger partial charge is 0.275 e. The highest BCUT2D eigenvalue weighted by Crippen LogP contribution is 2.27. The topological polar surface area (TPSA) is 88.3 Å². The molecule has 4 rings (SSSR count). The molecule has 0 saturated carbocycles. The molecule has 0 fully saturated rings. The Bertz CT molecular complexity index is 1230. The number of hydrogen-bond acceptors (Lipinski definition) is 5. The Morgan fingerprint density at radius 1 is 1.06 bits per heavy atom. The van der Waals surface area contributed by atoms with Crippen LogP contribution in [0.5, 0.6) is 0 Å². The van der Waals surface area contributed by atoms with Gasteiger partial charge in [-0.15, -0.1) is 0 Å². The van der Waals surface area contributed by atoms with Crippen LogP contribution in [0.3, 0.4) is 0 Å². The molecule has 0 bridgehead atoms. The first-order valence-electron chi connectivity index (χ1n) is 10.8. The number of carbonyl (C=O) groups excluding carboxylic acids is 2. The molecule has 172 valence electrons. The van der Waals surface area contributed by atoms with E-state index in [4.69, 9.17) is 4.42 Å². The predicted octanol–water partition coefficient (Wildman–Crippen LogP) is 4.79. The van der Waals surface area contributed by atoms with Crippen molar-refractivity contribution in [2.75, 3.05) is 5.32 Å². The van der Waals surface area contributed by atoms with Crippen LogP contribution in [-0.2, 0) is 17.8 Å². The maximum absolute atomic E-state index is 13.6. The maximum atomic E-state index is 13.6. The van der Waals surface area contributed by atoms with Gasteiger partial charge >= 0.3 is 0 Å². The Morgan fingerprint density at radius 2 is 1.82 bits per heavy atom. The zero-order chi connectivity index (χ0) is 23.9. The standard InChI is InChI=1S/C26H23FN4O3/c1-2-18-5-7-19(8-6-18)24(25(32)30-21-11-9-20(27)10-12-21)31(17-22-4-3-15-34-22)26(33)23-16-28-13-14-29-23/h3-16,24H,2,17H2,1H3,(H,30,32)/t24-/m1/s1. The van der Waals surface area contributed by atoms with Crippen molar-refractivity contribution in [3.63, 3.8) is 0 Å². The lowest BCUT2D eigenvalue weighted by Crippen LogP contribution is -2.41. The first-order valence-corrected chi connectivity index (χ1v) is 10.8. The van der Waals surface area contributed by atoms with Crippen LogP contribution in [0.15, 0.2) is 89.9 Å². The van der Waals surface area contributed by atoms with Gasteiger partial charge < -0.3 is 14.6 Å². The van der Waals surface area contributed by atoms with Gasteiger partial charge in [0.05, 0.1) is 19.0 Å². The minimum Gasteiger partial charge on any atom is -0.467 e. The lowest BCUT2D eigenvalue weighted by molar-refractivity contribution is -0.121. The summed E-state index contributed by atoms with van der Waals surface area (Å²) in [5.74, 6) is -0.855. The summed E-state index contributed by atoms with van der Waals surface area (Å²) in [5.41, 5.74) is 2.21. The van der Waals surface area contributed by atoms with Crippen LogP contribution >= 0.6 is 0 Å². The average molecular weight is 458 g/mol. The third-order valence-electron chi connectivity index (χ3n) is 5.32. The van der Waals surface area contributed by atoms with Crippen molar-refractivity contribution in [1.82, 2.24) is 14.9 Å². The molecule has 2 heterocycles. The number of nitrogens with zero attached hydrogens (tertiary/aromatic N) is 3. The van der Waals surface area contributed by atoms with Gasteiger partial charge in [0.25, 0.3) is 11.8 Å². The van der Waals surface area contributed by atoms with E-state index in [1.165, 1.54) is 54.0 Å². The molecule has 0 aliphatic carbocycles. The van der Waals surface area contributed by atoms with Gasteiger partial charge in [-0.05, 0) is 53.9 Å². The summed E-state index contributed by atoms with van der Waals surface area (Å²) in [5, 5.41) is 2.80. The van der Waals surface area contributed by atoms with Crippen LogP contribution < -0.4 is 5.32 Å². The van der Waals surface area contributed by atoms with Gasteiger partial charge in [-0.1, -0.05) is 31.2 Å². The molecule has 2 aromatic carbocycles. The molecule has 2 aromatic heterocycles. The molecule has 1 atom stereocenters. The monoisotopic (exact) mass is 458 g/mol. The number of halogens is 1. The Hall–Kier alpha value is -4.33. The van der Waals surface area contributed by atoms with E-state index in [9.17, 15) is 14.0 Å². The van der Waals surface area contributed by atoms with E-state index >= 15 is 0 Å². The molecule has 1 N–H and O–H groups in total. The van der Waals surface area contributed by atoms with E-state index in [1.807, 2.05) is 31.2 Å². The third-order valence-corrected chi connectivity index (χ3v) is 5.32. The lowest BCUT2D eigenvalue weighted by Gasteiger charge is -2.30. The highest BCUT2D eigenvalue weighted by atomic mass is 19.1. The molecule has 7 nitrogen and oxygen atoms in total. The van der Waals surface area contributed by atoms with E-state index in [0.29, 0.717) is 17.0 Å². The Kier molecular flexibility index (Phi) is 7.07. The van der Waals surface area contributed by atoms with Gasteiger partial charge in [0.2, 0.25) is 0 Å². The summed E-state index contributed by atoms with van der Waals surface area (Å²) in [6.45, 7) is 2.06. The molecule has 8 heteroatoms. The predicted molar refractivity (Wildman–Crippen MR) is 124 cm³/mol.